The van der Waals surface area contributed by atoms with Crippen molar-refractivity contribution in [2.45, 2.75) is 26.8 Å². The highest BCUT2D eigenvalue weighted by molar-refractivity contribution is 5.31. The minimum atomic E-state index is -0.0683. The number of aryl methyl sites for hydroxylation is 1. The van der Waals surface area contributed by atoms with Crippen molar-refractivity contribution in [2.75, 3.05) is 18.5 Å². The van der Waals surface area contributed by atoms with Gasteiger partial charge in [0, 0.05) is 17.8 Å². The predicted octanol–water partition coefficient (Wildman–Crippen LogP) is 0.976. The number of aromatic nitrogens is 2. The molecule has 1 rings (SSSR count). The predicted molar refractivity (Wildman–Crippen MR) is 58.1 cm³/mol. The summed E-state index contributed by atoms with van der Waals surface area (Å²) in [6.07, 6.45) is 0. The fraction of sp³-hybridized carbons (Fsp3) is 0.600. The number of rotatable bonds is 5. The lowest BCUT2D eigenvalue weighted by molar-refractivity contribution is 0.280. The van der Waals surface area contributed by atoms with Gasteiger partial charge in [0.15, 0.2) is 0 Å². The first-order valence-electron chi connectivity index (χ1n) is 5.01. The summed E-state index contributed by atoms with van der Waals surface area (Å²) in [5.74, 6) is 1.04. The van der Waals surface area contributed by atoms with Gasteiger partial charge in [-0.25, -0.2) is 4.98 Å². The smallest absolute Gasteiger partial charge is 0.226 e. The van der Waals surface area contributed by atoms with E-state index in [0.29, 0.717) is 18.4 Å². The first kappa shape index (κ1) is 11.7. The zero-order valence-corrected chi connectivity index (χ0v) is 9.32. The van der Waals surface area contributed by atoms with Gasteiger partial charge in [0.25, 0.3) is 0 Å². The van der Waals surface area contributed by atoms with Gasteiger partial charge in [-0.15, -0.1) is 0 Å². The first-order chi connectivity index (χ1) is 7.15. The molecule has 0 saturated carbocycles. The van der Waals surface area contributed by atoms with Crippen LogP contribution in [0.5, 0.6) is 5.88 Å². The Hall–Kier alpha value is -1.36. The molecule has 0 radical (unpaired) electrons. The summed E-state index contributed by atoms with van der Waals surface area (Å²) >= 11 is 0. The number of nitrogens with zero attached hydrogens (tertiary/aromatic N) is 2. The number of nitrogens with one attached hydrogen (secondary N) is 1. The normalized spacial score (nSPS) is 12.3. The second kappa shape index (κ2) is 5.50. The van der Waals surface area contributed by atoms with Crippen LogP contribution in [0.2, 0.25) is 0 Å². The zero-order valence-electron chi connectivity index (χ0n) is 9.32. The van der Waals surface area contributed by atoms with E-state index >= 15 is 0 Å². The lowest BCUT2D eigenvalue weighted by Gasteiger charge is -2.12. The fourth-order valence-electron chi connectivity index (χ4n) is 1.09. The van der Waals surface area contributed by atoms with Crippen LogP contribution in [0.1, 0.15) is 19.5 Å². The van der Waals surface area contributed by atoms with E-state index < -0.39 is 0 Å². The maximum atomic E-state index is 8.89. The van der Waals surface area contributed by atoms with Crippen LogP contribution < -0.4 is 10.1 Å². The first-order valence-corrected chi connectivity index (χ1v) is 5.01. The molecular weight excluding hydrogens is 194 g/mol. The van der Waals surface area contributed by atoms with E-state index in [1.165, 1.54) is 0 Å². The highest BCUT2D eigenvalue weighted by Crippen LogP contribution is 2.12. The Morgan fingerprint density at radius 2 is 2.27 bits per heavy atom. The summed E-state index contributed by atoms with van der Waals surface area (Å²) in [6.45, 7) is 6.25. The maximum absolute atomic E-state index is 8.89. The monoisotopic (exact) mass is 211 g/mol. The molecule has 15 heavy (non-hydrogen) atoms. The molecular formula is C10H17N3O2. The Bertz CT molecular complexity index is 318. The van der Waals surface area contributed by atoms with Crippen LogP contribution in [0, 0.1) is 6.92 Å². The lowest BCUT2D eigenvalue weighted by Crippen LogP contribution is -2.21. The third kappa shape index (κ3) is 3.71. The van der Waals surface area contributed by atoms with Crippen LogP contribution in [0.3, 0.4) is 0 Å². The molecule has 0 aliphatic rings. The highest BCUT2D eigenvalue weighted by Gasteiger charge is 2.05. The zero-order chi connectivity index (χ0) is 11.3. The summed E-state index contributed by atoms with van der Waals surface area (Å²) in [4.78, 5) is 8.35. The largest absolute Gasteiger partial charge is 0.478 e. The van der Waals surface area contributed by atoms with Gasteiger partial charge in [0.2, 0.25) is 11.8 Å². The van der Waals surface area contributed by atoms with Crippen molar-refractivity contribution >= 4 is 5.95 Å². The molecule has 2 N–H and O–H groups in total. The Balaban J connectivity index is 2.78. The molecule has 0 bridgehead atoms. The van der Waals surface area contributed by atoms with Crippen molar-refractivity contribution in [2.24, 2.45) is 0 Å². The van der Waals surface area contributed by atoms with Gasteiger partial charge in [-0.3, -0.25) is 0 Å². The average molecular weight is 211 g/mol. The van der Waals surface area contributed by atoms with E-state index in [9.17, 15) is 0 Å². The molecule has 1 atom stereocenters. The summed E-state index contributed by atoms with van der Waals surface area (Å²) in [6, 6.07) is 1.71. The number of aliphatic hydroxyl groups is 1. The van der Waals surface area contributed by atoms with Gasteiger partial charge in [0.1, 0.15) is 0 Å². The minimum Gasteiger partial charge on any atom is -0.478 e. The Morgan fingerprint density at radius 3 is 2.87 bits per heavy atom. The van der Waals surface area contributed by atoms with Crippen LogP contribution in [-0.2, 0) is 0 Å². The molecule has 1 aromatic rings. The summed E-state index contributed by atoms with van der Waals surface area (Å²) in [5, 5.41) is 11.9. The van der Waals surface area contributed by atoms with Gasteiger partial charge in [0.05, 0.1) is 13.2 Å². The average Bonchev–Trinajstić information content (AvgIpc) is 2.17. The molecule has 1 heterocycles. The van der Waals surface area contributed by atoms with Gasteiger partial charge in [-0.2, -0.15) is 4.98 Å². The molecule has 0 amide bonds. The van der Waals surface area contributed by atoms with Crippen molar-refractivity contribution in [3.63, 3.8) is 0 Å². The number of ether oxygens (including phenoxy) is 1. The maximum Gasteiger partial charge on any atom is 0.226 e. The second-order valence-electron chi connectivity index (χ2n) is 3.33. The Morgan fingerprint density at radius 1 is 1.53 bits per heavy atom. The number of anilines is 1. The third-order valence-corrected chi connectivity index (χ3v) is 1.77. The number of hydrogen-bond acceptors (Lipinski definition) is 5. The Kier molecular flexibility index (Phi) is 4.30. The molecule has 0 fully saturated rings. The van der Waals surface area contributed by atoms with E-state index in [2.05, 4.69) is 15.3 Å². The quantitative estimate of drug-likeness (QED) is 0.759. The van der Waals surface area contributed by atoms with Gasteiger partial charge < -0.3 is 15.2 Å². The van der Waals surface area contributed by atoms with Crippen LogP contribution in [-0.4, -0.2) is 34.3 Å². The lowest BCUT2D eigenvalue weighted by atomic mass is 10.4. The number of hydrogen-bond donors (Lipinski definition) is 2. The highest BCUT2D eigenvalue weighted by atomic mass is 16.5. The van der Waals surface area contributed by atoms with E-state index in [-0.39, 0.29) is 12.6 Å². The standard InChI is InChI=1S/C10H17N3O2/c1-4-15-9-5-7(2)11-10(13-9)12-8(3)6-14/h5,8,14H,4,6H2,1-3H3,(H,11,12,13). The molecule has 0 spiro atoms. The molecule has 1 unspecified atom stereocenters. The van der Waals surface area contributed by atoms with E-state index in [1.807, 2.05) is 20.8 Å². The van der Waals surface area contributed by atoms with Crippen molar-refractivity contribution in [3.05, 3.63) is 11.8 Å². The summed E-state index contributed by atoms with van der Waals surface area (Å²) < 4.78 is 5.29. The van der Waals surface area contributed by atoms with E-state index in [1.54, 1.807) is 6.07 Å². The molecule has 0 aliphatic carbocycles. The summed E-state index contributed by atoms with van der Waals surface area (Å²) in [5.41, 5.74) is 0.834. The molecule has 5 heteroatoms. The van der Waals surface area contributed by atoms with Crippen LogP contribution in [0.25, 0.3) is 0 Å². The van der Waals surface area contributed by atoms with Crippen molar-refractivity contribution in [1.82, 2.24) is 9.97 Å². The third-order valence-electron chi connectivity index (χ3n) is 1.77. The van der Waals surface area contributed by atoms with Gasteiger partial charge in [-0.1, -0.05) is 0 Å². The van der Waals surface area contributed by atoms with Crippen LogP contribution in [0.4, 0.5) is 5.95 Å². The SMILES string of the molecule is CCOc1cc(C)nc(NC(C)CO)n1. The second-order valence-corrected chi connectivity index (χ2v) is 3.33. The summed E-state index contributed by atoms with van der Waals surface area (Å²) in [7, 11) is 0. The number of aliphatic hydroxyl groups excluding tert-OH is 1. The molecule has 0 saturated heterocycles. The van der Waals surface area contributed by atoms with Gasteiger partial charge >= 0.3 is 0 Å². The van der Waals surface area contributed by atoms with Crippen molar-refractivity contribution in [3.8, 4) is 5.88 Å². The molecule has 0 aromatic carbocycles. The van der Waals surface area contributed by atoms with Crippen LogP contribution in [0.15, 0.2) is 6.07 Å². The van der Waals surface area contributed by atoms with E-state index in [0.717, 1.165) is 5.69 Å². The van der Waals surface area contributed by atoms with Crippen LogP contribution >= 0.6 is 0 Å². The minimum absolute atomic E-state index is 0.0429. The molecule has 1 aromatic heterocycles. The topological polar surface area (TPSA) is 67.3 Å². The molecule has 5 nitrogen and oxygen atoms in total. The molecule has 84 valence electrons. The molecule has 0 aliphatic heterocycles. The Labute approximate surface area is 89.5 Å². The fourth-order valence-corrected chi connectivity index (χ4v) is 1.09. The van der Waals surface area contributed by atoms with Crippen molar-refractivity contribution in [1.29, 1.82) is 0 Å². The van der Waals surface area contributed by atoms with Gasteiger partial charge in [-0.05, 0) is 20.8 Å². The van der Waals surface area contributed by atoms with E-state index in [4.69, 9.17) is 9.84 Å². The van der Waals surface area contributed by atoms with Crippen molar-refractivity contribution < 1.29 is 9.84 Å².